The van der Waals surface area contributed by atoms with Gasteiger partial charge in [0.2, 0.25) is 0 Å². The van der Waals surface area contributed by atoms with E-state index >= 15 is 0 Å². The average Bonchev–Trinajstić information content (AvgIpc) is 2.37. The first-order valence-electron chi connectivity index (χ1n) is 7.06. The highest BCUT2D eigenvalue weighted by Crippen LogP contribution is 2.27. The maximum absolute atomic E-state index is 6.03. The van der Waals surface area contributed by atoms with Crippen LogP contribution in [0.1, 0.15) is 29.2 Å². The van der Waals surface area contributed by atoms with E-state index in [4.69, 9.17) is 10.5 Å². The van der Waals surface area contributed by atoms with E-state index in [0.717, 1.165) is 23.5 Å². The number of hydrogen-bond donors (Lipinski definition) is 1. The van der Waals surface area contributed by atoms with Crippen LogP contribution in [0.3, 0.4) is 0 Å². The highest BCUT2D eigenvalue weighted by Gasteiger charge is 2.06. The van der Waals surface area contributed by atoms with Gasteiger partial charge in [-0.15, -0.1) is 0 Å². The molecule has 20 heavy (non-hydrogen) atoms. The summed E-state index contributed by atoms with van der Waals surface area (Å²) in [4.78, 5) is 0. The molecular formula is C18H23NO. The SMILES string of the molecule is Cc1ccc(Oc2cc(CC(C)N)ccc2C)cc1C. The van der Waals surface area contributed by atoms with Crippen LogP contribution in [0.4, 0.5) is 0 Å². The van der Waals surface area contributed by atoms with E-state index in [9.17, 15) is 0 Å². The van der Waals surface area contributed by atoms with Gasteiger partial charge in [0.25, 0.3) is 0 Å². The highest BCUT2D eigenvalue weighted by molar-refractivity contribution is 5.42. The quantitative estimate of drug-likeness (QED) is 0.898. The number of rotatable bonds is 4. The van der Waals surface area contributed by atoms with Crippen LogP contribution >= 0.6 is 0 Å². The molecule has 2 rings (SSSR count). The normalized spacial score (nSPS) is 12.2. The van der Waals surface area contributed by atoms with Gasteiger partial charge in [-0.25, -0.2) is 0 Å². The lowest BCUT2D eigenvalue weighted by Crippen LogP contribution is -2.17. The Morgan fingerprint density at radius 2 is 1.65 bits per heavy atom. The third-order valence-corrected chi connectivity index (χ3v) is 3.52. The van der Waals surface area contributed by atoms with Crippen molar-refractivity contribution >= 4 is 0 Å². The van der Waals surface area contributed by atoms with Crippen LogP contribution in [-0.2, 0) is 6.42 Å². The number of aryl methyl sites for hydroxylation is 3. The van der Waals surface area contributed by atoms with Gasteiger partial charge in [-0.05, 0) is 74.6 Å². The first kappa shape index (κ1) is 14.6. The van der Waals surface area contributed by atoms with E-state index in [2.05, 4.69) is 51.1 Å². The number of nitrogens with two attached hydrogens (primary N) is 1. The molecule has 0 saturated heterocycles. The zero-order chi connectivity index (χ0) is 14.7. The third kappa shape index (κ3) is 3.61. The molecule has 0 aliphatic heterocycles. The molecule has 0 radical (unpaired) electrons. The Morgan fingerprint density at radius 1 is 0.950 bits per heavy atom. The molecule has 2 N–H and O–H groups in total. The van der Waals surface area contributed by atoms with E-state index in [1.165, 1.54) is 16.7 Å². The van der Waals surface area contributed by atoms with Crippen LogP contribution in [0.25, 0.3) is 0 Å². The molecule has 1 unspecified atom stereocenters. The Morgan fingerprint density at radius 3 is 2.30 bits per heavy atom. The van der Waals surface area contributed by atoms with E-state index in [1.54, 1.807) is 0 Å². The second kappa shape index (κ2) is 6.10. The Bertz CT molecular complexity index is 602. The number of benzene rings is 2. The molecule has 2 heteroatoms. The first-order valence-corrected chi connectivity index (χ1v) is 7.06. The van der Waals surface area contributed by atoms with Crippen molar-refractivity contribution in [3.63, 3.8) is 0 Å². The largest absolute Gasteiger partial charge is 0.457 e. The lowest BCUT2D eigenvalue weighted by atomic mass is 10.1. The summed E-state index contributed by atoms with van der Waals surface area (Å²) in [5, 5.41) is 0. The molecular weight excluding hydrogens is 246 g/mol. The van der Waals surface area contributed by atoms with Gasteiger partial charge in [-0.1, -0.05) is 18.2 Å². The minimum Gasteiger partial charge on any atom is -0.457 e. The summed E-state index contributed by atoms with van der Waals surface area (Å²) in [6.07, 6.45) is 0.865. The van der Waals surface area contributed by atoms with Crippen molar-refractivity contribution < 1.29 is 4.74 Å². The van der Waals surface area contributed by atoms with Crippen molar-refractivity contribution in [2.45, 2.75) is 40.2 Å². The van der Waals surface area contributed by atoms with Crippen molar-refractivity contribution in [2.75, 3.05) is 0 Å². The summed E-state index contributed by atoms with van der Waals surface area (Å²) in [6, 6.07) is 12.6. The van der Waals surface area contributed by atoms with Gasteiger partial charge in [0.05, 0.1) is 0 Å². The van der Waals surface area contributed by atoms with Gasteiger partial charge in [0, 0.05) is 6.04 Å². The van der Waals surface area contributed by atoms with Crippen molar-refractivity contribution in [2.24, 2.45) is 5.73 Å². The summed E-state index contributed by atoms with van der Waals surface area (Å²) in [5.74, 6) is 1.79. The molecule has 2 aromatic rings. The van der Waals surface area contributed by atoms with Crippen LogP contribution in [0.5, 0.6) is 11.5 Å². The minimum atomic E-state index is 0.159. The van der Waals surface area contributed by atoms with Crippen LogP contribution in [0.2, 0.25) is 0 Å². The summed E-state index contributed by atoms with van der Waals surface area (Å²) in [6.45, 7) is 8.28. The molecule has 0 bridgehead atoms. The number of hydrogen-bond acceptors (Lipinski definition) is 2. The molecule has 0 amide bonds. The van der Waals surface area contributed by atoms with E-state index < -0.39 is 0 Å². The Kier molecular flexibility index (Phi) is 4.46. The Labute approximate surface area is 121 Å². The fourth-order valence-electron chi connectivity index (χ4n) is 2.16. The molecule has 106 valence electrons. The predicted molar refractivity (Wildman–Crippen MR) is 84.5 cm³/mol. The van der Waals surface area contributed by atoms with Crippen molar-refractivity contribution in [1.29, 1.82) is 0 Å². The smallest absolute Gasteiger partial charge is 0.130 e. The standard InChI is InChI=1S/C18H23NO/c1-12-6-8-17(9-14(12)3)20-18-11-16(10-15(4)19)7-5-13(18)2/h5-9,11,15H,10,19H2,1-4H3. The van der Waals surface area contributed by atoms with Crippen molar-refractivity contribution in [1.82, 2.24) is 0 Å². The molecule has 0 saturated carbocycles. The second-order valence-corrected chi connectivity index (χ2v) is 5.63. The molecule has 2 aromatic carbocycles. The average molecular weight is 269 g/mol. The van der Waals surface area contributed by atoms with Crippen molar-refractivity contribution in [3.8, 4) is 11.5 Å². The minimum absolute atomic E-state index is 0.159. The van der Waals surface area contributed by atoms with Crippen molar-refractivity contribution in [3.05, 3.63) is 58.7 Å². The van der Waals surface area contributed by atoms with Crippen LogP contribution in [0.15, 0.2) is 36.4 Å². The van der Waals surface area contributed by atoms with Gasteiger partial charge in [0.15, 0.2) is 0 Å². The molecule has 0 heterocycles. The van der Waals surface area contributed by atoms with E-state index in [-0.39, 0.29) is 6.04 Å². The summed E-state index contributed by atoms with van der Waals surface area (Å²) < 4.78 is 6.03. The zero-order valence-electron chi connectivity index (χ0n) is 12.7. The lowest BCUT2D eigenvalue weighted by molar-refractivity contribution is 0.477. The second-order valence-electron chi connectivity index (χ2n) is 5.63. The topological polar surface area (TPSA) is 35.2 Å². The molecule has 2 nitrogen and oxygen atoms in total. The van der Waals surface area contributed by atoms with Crippen LogP contribution < -0.4 is 10.5 Å². The van der Waals surface area contributed by atoms with Gasteiger partial charge in [0.1, 0.15) is 11.5 Å². The molecule has 0 spiro atoms. The Balaban J connectivity index is 2.25. The van der Waals surface area contributed by atoms with E-state index in [0.29, 0.717) is 0 Å². The predicted octanol–water partition coefficient (Wildman–Crippen LogP) is 4.29. The summed E-state index contributed by atoms with van der Waals surface area (Å²) >= 11 is 0. The Hall–Kier alpha value is -1.80. The maximum atomic E-state index is 6.03. The molecule has 1 atom stereocenters. The maximum Gasteiger partial charge on any atom is 0.130 e. The molecule has 0 aliphatic rings. The molecule has 0 fully saturated rings. The fraction of sp³-hybridized carbons (Fsp3) is 0.333. The van der Waals surface area contributed by atoms with Gasteiger partial charge < -0.3 is 10.5 Å². The summed E-state index contributed by atoms with van der Waals surface area (Å²) in [7, 11) is 0. The van der Waals surface area contributed by atoms with Crippen LogP contribution in [-0.4, -0.2) is 6.04 Å². The van der Waals surface area contributed by atoms with Gasteiger partial charge >= 0.3 is 0 Å². The third-order valence-electron chi connectivity index (χ3n) is 3.52. The van der Waals surface area contributed by atoms with Gasteiger partial charge in [-0.3, -0.25) is 0 Å². The number of ether oxygens (including phenoxy) is 1. The highest BCUT2D eigenvalue weighted by atomic mass is 16.5. The molecule has 0 aliphatic carbocycles. The zero-order valence-corrected chi connectivity index (χ0v) is 12.7. The summed E-state index contributed by atoms with van der Waals surface area (Å²) in [5.41, 5.74) is 10.7. The lowest BCUT2D eigenvalue weighted by Gasteiger charge is -2.13. The fourth-order valence-corrected chi connectivity index (χ4v) is 2.16. The monoisotopic (exact) mass is 269 g/mol. The van der Waals surface area contributed by atoms with E-state index in [1.807, 2.05) is 13.0 Å². The van der Waals surface area contributed by atoms with Crippen LogP contribution in [0, 0.1) is 20.8 Å². The van der Waals surface area contributed by atoms with Gasteiger partial charge in [-0.2, -0.15) is 0 Å². The first-order chi connectivity index (χ1) is 9.45. The molecule has 0 aromatic heterocycles.